The van der Waals surface area contributed by atoms with Gasteiger partial charge in [-0.25, -0.2) is 0 Å². The molecule has 1 aromatic rings. The third-order valence-corrected chi connectivity index (χ3v) is 4.37. The van der Waals surface area contributed by atoms with Crippen molar-refractivity contribution in [2.75, 3.05) is 31.6 Å². The maximum Gasteiger partial charge on any atom is 0.0807 e. The molecule has 1 aromatic carbocycles. The number of aliphatic hydroxyl groups excluding tert-OH is 1. The zero-order valence-electron chi connectivity index (χ0n) is 13.0. The number of para-hydroxylation sites is 1. The molecule has 0 aliphatic carbocycles. The van der Waals surface area contributed by atoms with Crippen molar-refractivity contribution in [3.63, 3.8) is 0 Å². The molecule has 0 radical (unpaired) electrons. The van der Waals surface area contributed by atoms with Gasteiger partial charge < -0.3 is 14.9 Å². The van der Waals surface area contributed by atoms with Crippen LogP contribution < -0.4 is 4.90 Å². The second-order valence-electron chi connectivity index (χ2n) is 5.85. The van der Waals surface area contributed by atoms with E-state index >= 15 is 0 Å². The summed E-state index contributed by atoms with van der Waals surface area (Å²) in [4.78, 5) is 4.94. The molecule has 112 valence electrons. The minimum atomic E-state index is -0.357. The van der Waals surface area contributed by atoms with Gasteiger partial charge in [-0.3, -0.25) is 0 Å². The van der Waals surface area contributed by atoms with E-state index in [0.29, 0.717) is 6.04 Å². The van der Waals surface area contributed by atoms with Gasteiger partial charge in [0.05, 0.1) is 6.10 Å². The highest BCUT2D eigenvalue weighted by Gasteiger charge is 2.24. The van der Waals surface area contributed by atoms with Crippen LogP contribution >= 0.6 is 0 Å². The molecule has 0 aromatic heterocycles. The number of hydrogen-bond donors (Lipinski definition) is 1. The maximum absolute atomic E-state index is 10.3. The summed E-state index contributed by atoms with van der Waals surface area (Å²) in [6, 6.07) is 8.89. The Morgan fingerprint density at radius 1 is 1.25 bits per heavy atom. The molecule has 3 nitrogen and oxygen atoms in total. The van der Waals surface area contributed by atoms with Crippen LogP contribution in [0.25, 0.3) is 0 Å². The molecule has 20 heavy (non-hydrogen) atoms. The van der Waals surface area contributed by atoms with E-state index in [1.165, 1.54) is 12.1 Å². The Labute approximate surface area is 123 Å². The fraction of sp³-hybridized carbons (Fsp3) is 0.647. The van der Waals surface area contributed by atoms with Crippen LogP contribution in [0.4, 0.5) is 5.69 Å². The van der Waals surface area contributed by atoms with Crippen molar-refractivity contribution in [2.24, 2.45) is 0 Å². The van der Waals surface area contributed by atoms with Gasteiger partial charge in [0.15, 0.2) is 0 Å². The van der Waals surface area contributed by atoms with Crippen LogP contribution in [0.2, 0.25) is 0 Å². The van der Waals surface area contributed by atoms with Crippen LogP contribution in [-0.2, 0) is 0 Å². The Morgan fingerprint density at radius 3 is 2.70 bits per heavy atom. The van der Waals surface area contributed by atoms with Gasteiger partial charge in [0.25, 0.3) is 0 Å². The number of rotatable bonds is 4. The minimum absolute atomic E-state index is 0.357. The van der Waals surface area contributed by atoms with Crippen molar-refractivity contribution >= 4 is 5.69 Å². The largest absolute Gasteiger partial charge is 0.388 e. The number of aliphatic hydroxyl groups is 1. The van der Waals surface area contributed by atoms with Gasteiger partial charge in [0, 0.05) is 30.4 Å². The summed E-state index contributed by atoms with van der Waals surface area (Å²) in [5.74, 6) is 0. The number of hydrogen-bond acceptors (Lipinski definition) is 3. The first-order valence-corrected chi connectivity index (χ1v) is 7.89. The molecule has 0 amide bonds. The van der Waals surface area contributed by atoms with Crippen molar-refractivity contribution in [3.05, 3.63) is 29.8 Å². The summed E-state index contributed by atoms with van der Waals surface area (Å²) in [5, 5.41) is 10.3. The van der Waals surface area contributed by atoms with Gasteiger partial charge >= 0.3 is 0 Å². The zero-order chi connectivity index (χ0) is 14.5. The molecular weight excluding hydrogens is 248 g/mol. The lowest BCUT2D eigenvalue weighted by molar-refractivity contribution is 0.174. The first kappa shape index (κ1) is 15.3. The van der Waals surface area contributed by atoms with E-state index in [4.69, 9.17) is 0 Å². The third-order valence-electron chi connectivity index (χ3n) is 4.37. The predicted octanol–water partition coefficient (Wildman–Crippen LogP) is 3.05. The van der Waals surface area contributed by atoms with E-state index in [2.05, 4.69) is 42.0 Å². The highest BCUT2D eigenvalue weighted by atomic mass is 16.3. The zero-order valence-corrected chi connectivity index (χ0v) is 13.0. The van der Waals surface area contributed by atoms with E-state index in [-0.39, 0.29) is 6.10 Å². The van der Waals surface area contributed by atoms with Crippen LogP contribution in [0.3, 0.4) is 0 Å². The fourth-order valence-corrected chi connectivity index (χ4v) is 3.16. The Balaban J connectivity index is 2.32. The van der Waals surface area contributed by atoms with E-state index in [0.717, 1.165) is 38.0 Å². The van der Waals surface area contributed by atoms with Crippen LogP contribution in [0.5, 0.6) is 0 Å². The molecule has 0 bridgehead atoms. The lowest BCUT2D eigenvalue weighted by atomic mass is 10.0. The average molecular weight is 276 g/mol. The lowest BCUT2D eigenvalue weighted by Crippen LogP contribution is -2.40. The van der Waals surface area contributed by atoms with Crippen molar-refractivity contribution in [1.29, 1.82) is 0 Å². The topological polar surface area (TPSA) is 26.7 Å². The molecule has 0 saturated carbocycles. The Morgan fingerprint density at radius 2 is 2.00 bits per heavy atom. The average Bonchev–Trinajstić information content (AvgIpc) is 2.67. The quantitative estimate of drug-likeness (QED) is 0.915. The van der Waals surface area contributed by atoms with E-state index in [1.807, 2.05) is 13.0 Å². The summed E-state index contributed by atoms with van der Waals surface area (Å²) >= 11 is 0. The monoisotopic (exact) mass is 276 g/mol. The second-order valence-corrected chi connectivity index (χ2v) is 5.85. The second kappa shape index (κ2) is 7.09. The molecule has 2 atom stereocenters. The number of benzene rings is 1. The molecule has 1 N–H and O–H groups in total. The van der Waals surface area contributed by atoms with Gasteiger partial charge in [-0.1, -0.05) is 32.0 Å². The van der Waals surface area contributed by atoms with Gasteiger partial charge in [0.1, 0.15) is 0 Å². The van der Waals surface area contributed by atoms with Gasteiger partial charge in [-0.05, 0) is 38.9 Å². The molecule has 1 saturated heterocycles. The summed E-state index contributed by atoms with van der Waals surface area (Å²) in [5.41, 5.74) is 2.31. The maximum atomic E-state index is 10.3. The molecule has 3 heteroatoms. The molecule has 2 rings (SSSR count). The molecule has 1 aliphatic rings. The van der Waals surface area contributed by atoms with Crippen LogP contribution in [0, 0.1) is 0 Å². The molecule has 2 unspecified atom stereocenters. The van der Waals surface area contributed by atoms with Crippen molar-refractivity contribution in [1.82, 2.24) is 4.90 Å². The predicted molar refractivity (Wildman–Crippen MR) is 85.2 cm³/mol. The fourth-order valence-electron chi connectivity index (χ4n) is 3.16. The molecular formula is C17H28N2O. The molecule has 1 heterocycles. The van der Waals surface area contributed by atoms with Crippen molar-refractivity contribution in [3.8, 4) is 0 Å². The lowest BCUT2D eigenvalue weighted by Gasteiger charge is -2.34. The van der Waals surface area contributed by atoms with Gasteiger partial charge in [0.2, 0.25) is 0 Å². The molecule has 1 aliphatic heterocycles. The van der Waals surface area contributed by atoms with E-state index < -0.39 is 0 Å². The summed E-state index contributed by atoms with van der Waals surface area (Å²) in [6.07, 6.45) is 2.73. The van der Waals surface area contributed by atoms with Gasteiger partial charge in [-0.15, -0.1) is 0 Å². The van der Waals surface area contributed by atoms with E-state index in [1.54, 1.807) is 0 Å². The Kier molecular flexibility index (Phi) is 5.44. The van der Waals surface area contributed by atoms with E-state index in [9.17, 15) is 5.11 Å². The smallest absolute Gasteiger partial charge is 0.0807 e. The Hall–Kier alpha value is -1.06. The number of anilines is 1. The first-order chi connectivity index (χ1) is 9.67. The highest BCUT2D eigenvalue weighted by Crippen LogP contribution is 2.31. The van der Waals surface area contributed by atoms with Crippen molar-refractivity contribution < 1.29 is 5.11 Å². The number of likely N-dealkylation sites (N-methyl/N-ethyl adjacent to an activating group) is 1. The standard InChI is InChI=1S/C17H28N2O/c1-4-14-13-18(3)11-8-12-19(14)16-10-7-6-9-15(16)17(20)5-2/h6-7,9-10,14,17,20H,4-5,8,11-13H2,1-3H3. The first-order valence-electron chi connectivity index (χ1n) is 7.89. The summed E-state index contributed by atoms with van der Waals surface area (Å²) in [7, 11) is 2.21. The summed E-state index contributed by atoms with van der Waals surface area (Å²) in [6.45, 7) is 7.64. The molecule has 0 spiro atoms. The van der Waals surface area contributed by atoms with Crippen molar-refractivity contribution in [2.45, 2.75) is 45.3 Å². The van der Waals surface area contributed by atoms with Crippen LogP contribution in [0.15, 0.2) is 24.3 Å². The third kappa shape index (κ3) is 3.33. The SMILES string of the molecule is CCC(O)c1ccccc1N1CCCN(C)CC1CC. The normalized spacial score (nSPS) is 22.6. The summed E-state index contributed by atoms with van der Waals surface area (Å²) < 4.78 is 0. The minimum Gasteiger partial charge on any atom is -0.388 e. The molecule has 1 fully saturated rings. The van der Waals surface area contributed by atoms with Gasteiger partial charge in [-0.2, -0.15) is 0 Å². The Bertz CT molecular complexity index is 421. The number of nitrogens with zero attached hydrogens (tertiary/aromatic N) is 2. The van der Waals surface area contributed by atoms with Crippen LogP contribution in [0.1, 0.15) is 44.8 Å². The van der Waals surface area contributed by atoms with Crippen LogP contribution in [-0.4, -0.2) is 42.7 Å². The highest BCUT2D eigenvalue weighted by molar-refractivity contribution is 5.55.